The van der Waals surface area contributed by atoms with Gasteiger partial charge in [0.25, 0.3) is 0 Å². The van der Waals surface area contributed by atoms with E-state index in [1.807, 2.05) is 19.1 Å². The normalized spacial score (nSPS) is 39.4. The fourth-order valence-corrected chi connectivity index (χ4v) is 2.48. The van der Waals surface area contributed by atoms with Crippen LogP contribution in [0.1, 0.15) is 13.8 Å². The number of hydrogen-bond donors (Lipinski definition) is 0. The SMILES string of the molecule is CC1C=C(C#N)C2C(C)C2C(C#N)=C1. The van der Waals surface area contributed by atoms with Crippen LogP contribution in [-0.4, -0.2) is 0 Å². The molecule has 0 aliphatic heterocycles. The molecule has 0 aromatic rings. The van der Waals surface area contributed by atoms with Gasteiger partial charge < -0.3 is 0 Å². The minimum absolute atomic E-state index is 0.222. The second-order valence-electron chi connectivity index (χ2n) is 4.24. The van der Waals surface area contributed by atoms with Crippen molar-refractivity contribution < 1.29 is 0 Å². The van der Waals surface area contributed by atoms with Crippen LogP contribution in [-0.2, 0) is 0 Å². The summed E-state index contributed by atoms with van der Waals surface area (Å²) < 4.78 is 0. The van der Waals surface area contributed by atoms with E-state index in [1.165, 1.54) is 0 Å². The van der Waals surface area contributed by atoms with Gasteiger partial charge in [0, 0.05) is 23.0 Å². The molecule has 0 amide bonds. The second-order valence-corrected chi connectivity index (χ2v) is 4.24. The molecule has 0 radical (unpaired) electrons. The van der Waals surface area contributed by atoms with E-state index in [0.717, 1.165) is 11.1 Å². The fourth-order valence-electron chi connectivity index (χ4n) is 2.48. The Morgan fingerprint density at radius 2 is 1.43 bits per heavy atom. The summed E-state index contributed by atoms with van der Waals surface area (Å²) in [5.74, 6) is 1.32. The molecule has 2 rings (SSSR count). The van der Waals surface area contributed by atoms with Crippen molar-refractivity contribution in [2.75, 3.05) is 0 Å². The Bertz CT molecular complexity index is 365. The van der Waals surface area contributed by atoms with Gasteiger partial charge in [-0.3, -0.25) is 0 Å². The zero-order chi connectivity index (χ0) is 10.3. The Morgan fingerprint density at radius 3 is 1.79 bits per heavy atom. The molecule has 0 spiro atoms. The predicted octanol–water partition coefficient (Wildman–Crippen LogP) is 2.42. The van der Waals surface area contributed by atoms with Crippen LogP contribution in [0.3, 0.4) is 0 Å². The Hall–Kier alpha value is -1.54. The fraction of sp³-hybridized carbons (Fsp3) is 0.500. The van der Waals surface area contributed by atoms with Gasteiger partial charge in [-0.05, 0) is 11.8 Å². The first-order chi connectivity index (χ1) is 6.69. The highest BCUT2D eigenvalue weighted by atomic mass is 14.5. The van der Waals surface area contributed by atoms with Crippen LogP contribution < -0.4 is 0 Å². The zero-order valence-electron chi connectivity index (χ0n) is 8.36. The van der Waals surface area contributed by atoms with Crippen molar-refractivity contribution in [1.29, 1.82) is 10.5 Å². The number of nitrogens with zero attached hydrogens (tertiary/aromatic N) is 2. The molecule has 1 saturated carbocycles. The van der Waals surface area contributed by atoms with Crippen molar-refractivity contribution in [1.82, 2.24) is 0 Å². The van der Waals surface area contributed by atoms with Gasteiger partial charge in [-0.15, -0.1) is 0 Å². The van der Waals surface area contributed by atoms with Crippen LogP contribution >= 0.6 is 0 Å². The summed E-state index contributed by atoms with van der Waals surface area (Å²) in [7, 11) is 0. The van der Waals surface area contributed by atoms with Crippen LogP contribution in [0.5, 0.6) is 0 Å². The molecule has 1 fully saturated rings. The third-order valence-corrected chi connectivity index (χ3v) is 3.24. The van der Waals surface area contributed by atoms with E-state index in [9.17, 15) is 0 Å². The monoisotopic (exact) mass is 184 g/mol. The number of nitriles is 2. The lowest BCUT2D eigenvalue weighted by molar-refractivity contribution is 0.828. The van der Waals surface area contributed by atoms with E-state index >= 15 is 0 Å². The van der Waals surface area contributed by atoms with Gasteiger partial charge in [-0.2, -0.15) is 10.5 Å². The van der Waals surface area contributed by atoms with Crippen LogP contribution in [0.2, 0.25) is 0 Å². The maximum Gasteiger partial charge on any atom is 0.0947 e. The summed E-state index contributed by atoms with van der Waals surface area (Å²) in [6.45, 7) is 4.13. The topological polar surface area (TPSA) is 47.6 Å². The highest BCUT2D eigenvalue weighted by molar-refractivity contribution is 5.44. The molecule has 0 saturated heterocycles. The first-order valence-corrected chi connectivity index (χ1v) is 4.92. The molecule has 0 bridgehead atoms. The van der Waals surface area contributed by atoms with Crippen molar-refractivity contribution in [3.05, 3.63) is 23.3 Å². The summed E-state index contributed by atoms with van der Waals surface area (Å²) in [4.78, 5) is 0. The van der Waals surface area contributed by atoms with Gasteiger partial charge in [-0.1, -0.05) is 26.0 Å². The van der Waals surface area contributed by atoms with E-state index < -0.39 is 0 Å². The quantitative estimate of drug-likeness (QED) is 0.580. The van der Waals surface area contributed by atoms with E-state index in [-0.39, 0.29) is 5.92 Å². The first kappa shape index (κ1) is 9.03. The average Bonchev–Trinajstić information content (AvgIpc) is 2.85. The molecule has 2 unspecified atom stereocenters. The van der Waals surface area contributed by atoms with Gasteiger partial charge in [0.15, 0.2) is 0 Å². The Morgan fingerprint density at radius 1 is 1.00 bits per heavy atom. The molecule has 0 N–H and O–H groups in total. The second kappa shape index (κ2) is 3.00. The smallest absolute Gasteiger partial charge is 0.0947 e. The lowest BCUT2D eigenvalue weighted by Gasteiger charge is -1.99. The molecule has 0 heterocycles. The summed E-state index contributed by atoms with van der Waals surface area (Å²) >= 11 is 0. The van der Waals surface area contributed by atoms with Crippen molar-refractivity contribution in [3.63, 3.8) is 0 Å². The first-order valence-electron chi connectivity index (χ1n) is 4.92. The summed E-state index contributed by atoms with van der Waals surface area (Å²) in [6.07, 6.45) is 3.98. The van der Waals surface area contributed by atoms with Gasteiger partial charge in [-0.25, -0.2) is 0 Å². The Labute approximate surface area is 84.1 Å². The van der Waals surface area contributed by atoms with Gasteiger partial charge in [0.2, 0.25) is 0 Å². The Balaban J connectivity index is 2.38. The molecule has 2 nitrogen and oxygen atoms in total. The lowest BCUT2D eigenvalue weighted by atomic mass is 10.0. The van der Waals surface area contributed by atoms with Gasteiger partial charge in [0.1, 0.15) is 0 Å². The maximum absolute atomic E-state index is 8.98. The lowest BCUT2D eigenvalue weighted by Crippen LogP contribution is -1.90. The standard InChI is InChI=1S/C12H12N2/c1-7-3-9(5-13)11-8(2)12(11)10(4-7)6-14/h3-4,7-8,11-12H,1-2H3. The summed E-state index contributed by atoms with van der Waals surface area (Å²) in [5, 5.41) is 18.0. The average molecular weight is 184 g/mol. The van der Waals surface area contributed by atoms with Crippen LogP contribution in [0.4, 0.5) is 0 Å². The van der Waals surface area contributed by atoms with Crippen molar-refractivity contribution in [2.24, 2.45) is 23.7 Å². The molecule has 2 atom stereocenters. The van der Waals surface area contributed by atoms with Crippen LogP contribution in [0, 0.1) is 46.3 Å². The number of allylic oxidation sites excluding steroid dienone is 4. The summed E-state index contributed by atoms with van der Waals surface area (Å²) in [6, 6.07) is 4.52. The van der Waals surface area contributed by atoms with Gasteiger partial charge >= 0.3 is 0 Å². The Kier molecular flexibility index (Phi) is 1.93. The van der Waals surface area contributed by atoms with E-state index in [1.54, 1.807) is 0 Å². The number of hydrogen-bond acceptors (Lipinski definition) is 2. The zero-order valence-corrected chi connectivity index (χ0v) is 8.36. The molecule has 2 heteroatoms. The van der Waals surface area contributed by atoms with E-state index in [2.05, 4.69) is 19.1 Å². The minimum atomic E-state index is 0.222. The number of fused-ring (bicyclic) bond motifs is 1. The molecule has 70 valence electrons. The molecular formula is C12H12N2. The number of rotatable bonds is 0. The largest absolute Gasteiger partial charge is 0.193 e. The van der Waals surface area contributed by atoms with Crippen molar-refractivity contribution in [2.45, 2.75) is 13.8 Å². The van der Waals surface area contributed by atoms with Crippen molar-refractivity contribution >= 4 is 0 Å². The third-order valence-electron chi connectivity index (χ3n) is 3.24. The highest BCUT2D eigenvalue weighted by Crippen LogP contribution is 2.55. The molecule has 2 aliphatic carbocycles. The third kappa shape index (κ3) is 1.16. The molecule has 0 aromatic carbocycles. The maximum atomic E-state index is 8.98. The minimum Gasteiger partial charge on any atom is -0.193 e. The summed E-state index contributed by atoms with van der Waals surface area (Å²) in [5.41, 5.74) is 1.74. The molecule has 14 heavy (non-hydrogen) atoms. The molecule has 0 aromatic heterocycles. The van der Waals surface area contributed by atoms with Crippen molar-refractivity contribution in [3.8, 4) is 12.1 Å². The van der Waals surface area contributed by atoms with E-state index in [4.69, 9.17) is 10.5 Å². The molecule has 2 aliphatic rings. The van der Waals surface area contributed by atoms with E-state index in [0.29, 0.717) is 17.8 Å². The van der Waals surface area contributed by atoms with Gasteiger partial charge in [0.05, 0.1) is 12.1 Å². The molecular weight excluding hydrogens is 172 g/mol. The predicted molar refractivity (Wildman–Crippen MR) is 52.7 cm³/mol. The van der Waals surface area contributed by atoms with Crippen LogP contribution in [0.25, 0.3) is 0 Å². The highest BCUT2D eigenvalue weighted by Gasteiger charge is 2.52. The van der Waals surface area contributed by atoms with Crippen LogP contribution in [0.15, 0.2) is 23.3 Å².